The Balaban J connectivity index is 4.42. The maximum absolute atomic E-state index is 12.0. The summed E-state index contributed by atoms with van der Waals surface area (Å²) in [6, 6.07) is 0. The maximum atomic E-state index is 12.0. The van der Waals surface area contributed by atoms with Gasteiger partial charge in [-0.15, -0.1) is 0 Å². The number of carbonyl (C=O) groups excluding carboxylic acids is 3. The second-order valence-corrected chi connectivity index (χ2v) is 5.72. The fourth-order valence-corrected chi connectivity index (χ4v) is 2.38. The van der Waals surface area contributed by atoms with Gasteiger partial charge in [0.2, 0.25) is 17.7 Å². The summed E-state index contributed by atoms with van der Waals surface area (Å²) >= 11 is 0. The molecule has 0 radical (unpaired) electrons. The van der Waals surface area contributed by atoms with E-state index in [1.807, 2.05) is 7.05 Å². The standard InChI is InChI=1S/C19H32N4O3/c1-5-17(24)21-12-9-14-23(19(26)7-3)16-10-15-22(18(25)6-2)13-8-11-20-4/h5-7,20H,1-3,8-16H2,4H3,(H,21,24). The van der Waals surface area contributed by atoms with Crippen LogP contribution in [0.25, 0.3) is 0 Å². The van der Waals surface area contributed by atoms with Crippen molar-refractivity contribution in [3.05, 3.63) is 38.0 Å². The van der Waals surface area contributed by atoms with E-state index in [1.54, 1.807) is 9.80 Å². The molecule has 146 valence electrons. The van der Waals surface area contributed by atoms with Gasteiger partial charge < -0.3 is 20.4 Å². The molecule has 0 rings (SSSR count). The molecular weight excluding hydrogens is 332 g/mol. The van der Waals surface area contributed by atoms with Gasteiger partial charge in [-0.1, -0.05) is 19.7 Å². The lowest BCUT2D eigenvalue weighted by molar-refractivity contribution is -0.126. The highest BCUT2D eigenvalue weighted by Crippen LogP contribution is 2.01. The second kappa shape index (κ2) is 14.9. The minimum Gasteiger partial charge on any atom is -0.353 e. The SMILES string of the molecule is C=CC(=O)NCCCN(CCCN(CCCNC)C(=O)C=C)C(=O)C=C. The minimum atomic E-state index is -0.230. The van der Waals surface area contributed by atoms with Gasteiger partial charge in [0.1, 0.15) is 0 Å². The first-order valence-corrected chi connectivity index (χ1v) is 8.87. The molecular formula is C19H32N4O3. The molecule has 0 aromatic heterocycles. The van der Waals surface area contributed by atoms with Crippen molar-refractivity contribution in [2.24, 2.45) is 0 Å². The average Bonchev–Trinajstić information content (AvgIpc) is 2.66. The Labute approximate surface area is 156 Å². The molecule has 0 atom stereocenters. The van der Waals surface area contributed by atoms with Crippen LogP contribution in [0, 0.1) is 0 Å². The molecule has 0 saturated carbocycles. The second-order valence-electron chi connectivity index (χ2n) is 5.72. The first-order valence-electron chi connectivity index (χ1n) is 8.87. The fraction of sp³-hybridized carbons (Fsp3) is 0.526. The highest BCUT2D eigenvalue weighted by atomic mass is 16.2. The van der Waals surface area contributed by atoms with E-state index in [-0.39, 0.29) is 17.7 Å². The predicted octanol–water partition coefficient (Wildman–Crippen LogP) is 0.708. The lowest BCUT2D eigenvalue weighted by atomic mass is 10.2. The average molecular weight is 364 g/mol. The van der Waals surface area contributed by atoms with Crippen LogP contribution in [0.3, 0.4) is 0 Å². The molecule has 0 fully saturated rings. The molecule has 7 heteroatoms. The van der Waals surface area contributed by atoms with Gasteiger partial charge in [-0.05, 0) is 51.1 Å². The maximum Gasteiger partial charge on any atom is 0.245 e. The Hall–Kier alpha value is -2.41. The quantitative estimate of drug-likeness (QED) is 0.331. The van der Waals surface area contributed by atoms with Crippen molar-refractivity contribution in [1.29, 1.82) is 0 Å². The van der Waals surface area contributed by atoms with Crippen LogP contribution >= 0.6 is 0 Å². The van der Waals surface area contributed by atoms with Crippen LogP contribution in [-0.2, 0) is 14.4 Å². The third kappa shape index (κ3) is 10.5. The molecule has 0 aromatic carbocycles. The van der Waals surface area contributed by atoms with Crippen LogP contribution in [0.15, 0.2) is 38.0 Å². The van der Waals surface area contributed by atoms with Crippen molar-refractivity contribution in [3.8, 4) is 0 Å². The highest BCUT2D eigenvalue weighted by molar-refractivity contribution is 5.88. The van der Waals surface area contributed by atoms with Gasteiger partial charge >= 0.3 is 0 Å². The number of rotatable bonds is 15. The molecule has 0 aliphatic rings. The van der Waals surface area contributed by atoms with E-state index in [4.69, 9.17) is 0 Å². The van der Waals surface area contributed by atoms with E-state index >= 15 is 0 Å². The molecule has 7 nitrogen and oxygen atoms in total. The van der Waals surface area contributed by atoms with Crippen molar-refractivity contribution in [2.45, 2.75) is 19.3 Å². The Morgan fingerprint density at radius 2 is 1.23 bits per heavy atom. The Morgan fingerprint density at radius 1 is 0.769 bits per heavy atom. The molecule has 2 N–H and O–H groups in total. The molecule has 0 aromatic rings. The summed E-state index contributed by atoms with van der Waals surface area (Å²) < 4.78 is 0. The monoisotopic (exact) mass is 364 g/mol. The zero-order valence-corrected chi connectivity index (χ0v) is 15.8. The van der Waals surface area contributed by atoms with E-state index < -0.39 is 0 Å². The van der Waals surface area contributed by atoms with E-state index in [0.717, 1.165) is 13.0 Å². The van der Waals surface area contributed by atoms with E-state index in [0.29, 0.717) is 45.6 Å². The van der Waals surface area contributed by atoms with Crippen LogP contribution in [0.5, 0.6) is 0 Å². The number of nitrogens with zero attached hydrogens (tertiary/aromatic N) is 2. The molecule has 0 saturated heterocycles. The Kier molecular flexibility index (Phi) is 13.5. The molecule has 0 spiro atoms. The van der Waals surface area contributed by atoms with Gasteiger partial charge in [-0.3, -0.25) is 14.4 Å². The van der Waals surface area contributed by atoms with Gasteiger partial charge in [-0.25, -0.2) is 0 Å². The van der Waals surface area contributed by atoms with Crippen molar-refractivity contribution in [2.75, 3.05) is 46.3 Å². The lowest BCUT2D eigenvalue weighted by Crippen LogP contribution is -2.37. The van der Waals surface area contributed by atoms with E-state index in [9.17, 15) is 14.4 Å². The Bertz CT molecular complexity index is 491. The normalized spacial score (nSPS) is 9.88. The van der Waals surface area contributed by atoms with E-state index in [2.05, 4.69) is 30.4 Å². The van der Waals surface area contributed by atoms with Crippen molar-refractivity contribution < 1.29 is 14.4 Å². The smallest absolute Gasteiger partial charge is 0.245 e. The number of carbonyl (C=O) groups is 3. The van der Waals surface area contributed by atoms with Crippen LogP contribution in [0.1, 0.15) is 19.3 Å². The summed E-state index contributed by atoms with van der Waals surface area (Å²) in [4.78, 5) is 38.4. The van der Waals surface area contributed by atoms with Crippen molar-refractivity contribution >= 4 is 17.7 Å². The predicted molar refractivity (Wildman–Crippen MR) is 105 cm³/mol. The van der Waals surface area contributed by atoms with Crippen molar-refractivity contribution in [3.63, 3.8) is 0 Å². The molecule has 0 heterocycles. The topological polar surface area (TPSA) is 81.8 Å². The third-order valence-corrected chi connectivity index (χ3v) is 3.77. The van der Waals surface area contributed by atoms with Crippen LogP contribution < -0.4 is 10.6 Å². The van der Waals surface area contributed by atoms with Crippen LogP contribution in [0.2, 0.25) is 0 Å². The molecule has 26 heavy (non-hydrogen) atoms. The third-order valence-electron chi connectivity index (χ3n) is 3.77. The fourth-order valence-electron chi connectivity index (χ4n) is 2.38. The largest absolute Gasteiger partial charge is 0.353 e. The summed E-state index contributed by atoms with van der Waals surface area (Å²) in [6.07, 6.45) is 5.96. The highest BCUT2D eigenvalue weighted by Gasteiger charge is 2.13. The first-order chi connectivity index (χ1) is 12.5. The van der Waals surface area contributed by atoms with Gasteiger partial charge in [0, 0.05) is 32.7 Å². The van der Waals surface area contributed by atoms with Gasteiger partial charge in [-0.2, -0.15) is 0 Å². The zero-order valence-electron chi connectivity index (χ0n) is 15.8. The summed E-state index contributed by atoms with van der Waals surface area (Å²) in [5.41, 5.74) is 0. The van der Waals surface area contributed by atoms with Gasteiger partial charge in [0.05, 0.1) is 0 Å². The Morgan fingerprint density at radius 3 is 1.65 bits per heavy atom. The number of nitrogens with one attached hydrogen (secondary N) is 2. The van der Waals surface area contributed by atoms with Crippen LogP contribution in [0.4, 0.5) is 0 Å². The summed E-state index contributed by atoms with van der Waals surface area (Å²) in [6.45, 7) is 14.0. The van der Waals surface area contributed by atoms with Crippen molar-refractivity contribution in [1.82, 2.24) is 20.4 Å². The molecule has 3 amide bonds. The van der Waals surface area contributed by atoms with E-state index in [1.165, 1.54) is 18.2 Å². The first kappa shape index (κ1) is 23.6. The molecule has 0 aliphatic heterocycles. The number of hydrogen-bond acceptors (Lipinski definition) is 4. The number of amides is 3. The van der Waals surface area contributed by atoms with Gasteiger partial charge in [0.15, 0.2) is 0 Å². The summed E-state index contributed by atoms with van der Waals surface area (Å²) in [5.74, 6) is -0.488. The van der Waals surface area contributed by atoms with Gasteiger partial charge in [0.25, 0.3) is 0 Å². The zero-order chi connectivity index (χ0) is 19.8. The lowest BCUT2D eigenvalue weighted by Gasteiger charge is -2.25. The minimum absolute atomic E-state index is 0.102. The molecule has 0 bridgehead atoms. The summed E-state index contributed by atoms with van der Waals surface area (Å²) in [5, 5.41) is 5.73. The van der Waals surface area contributed by atoms with Crippen LogP contribution in [-0.4, -0.2) is 73.8 Å². The number of hydrogen-bond donors (Lipinski definition) is 2. The molecule has 0 aliphatic carbocycles. The summed E-state index contributed by atoms with van der Waals surface area (Å²) in [7, 11) is 1.87. The molecule has 0 unspecified atom stereocenters.